The largest absolute Gasteiger partial charge is 2.00 e. The first-order chi connectivity index (χ1) is 6.26. The van der Waals surface area contributed by atoms with Crippen LogP contribution in [0.3, 0.4) is 0 Å². The fourth-order valence-electron chi connectivity index (χ4n) is 0.535. The van der Waals surface area contributed by atoms with E-state index in [0.29, 0.717) is 6.61 Å². The van der Waals surface area contributed by atoms with Crippen LogP contribution >= 0.6 is 0 Å². The third-order valence-corrected chi connectivity index (χ3v) is 0.941. The molecule has 0 aromatic rings. The van der Waals surface area contributed by atoms with E-state index in [1.165, 1.54) is 6.29 Å². The Bertz CT molecular complexity index is 139. The second-order valence-electron chi connectivity index (χ2n) is 1.71. The molecule has 0 rings (SSSR count). The molecule has 0 aliphatic carbocycles. The number of rotatable bonds is 5. The Morgan fingerprint density at radius 1 is 1.36 bits per heavy atom. The summed E-state index contributed by atoms with van der Waals surface area (Å²) in [5, 5.41) is 0. The van der Waals surface area contributed by atoms with Gasteiger partial charge in [0.1, 0.15) is 0 Å². The van der Waals surface area contributed by atoms with Crippen molar-refractivity contribution in [1.82, 2.24) is 0 Å². The molecule has 0 N–H and O–H groups in total. The number of carbonyl (C=O) groups is 1. The van der Waals surface area contributed by atoms with Crippen LogP contribution in [0.25, 0.3) is 0 Å². The van der Waals surface area contributed by atoms with Gasteiger partial charge in [-0.05, 0) is 13.8 Å². The maximum atomic E-state index is 10.8. The first kappa shape index (κ1) is 19.4. The molecule has 0 heterocycles. The van der Waals surface area contributed by atoms with Gasteiger partial charge in [-0.15, -0.1) is 0 Å². The van der Waals surface area contributed by atoms with Gasteiger partial charge >= 0.3 is 29.0 Å². The molecule has 0 aliphatic rings. The van der Waals surface area contributed by atoms with Crippen LogP contribution in [0.4, 0.5) is 0 Å². The van der Waals surface area contributed by atoms with E-state index >= 15 is 0 Å². The third kappa shape index (κ3) is 9.95. The summed E-state index contributed by atoms with van der Waals surface area (Å²) >= 11 is 0. The number of hydrogen-bond acceptors (Lipinski definition) is 4. The van der Waals surface area contributed by atoms with Crippen molar-refractivity contribution in [2.24, 2.45) is 0 Å². The number of ether oxygens (including phenoxy) is 2. The molecule has 0 spiro atoms. The summed E-state index contributed by atoms with van der Waals surface area (Å²) in [6, 6.07) is 0. The molecule has 1 atom stereocenters. The number of hydrogen-bond donors (Lipinski definition) is 0. The molecule has 4 nitrogen and oxygen atoms in total. The maximum absolute atomic E-state index is 10.8. The van der Waals surface area contributed by atoms with Crippen molar-refractivity contribution < 1.29 is 19.1 Å². The van der Waals surface area contributed by atoms with E-state index in [4.69, 9.17) is 4.74 Å². The monoisotopic (exact) mass is 212 g/mol. The molecule has 5 heteroatoms. The normalized spacial score (nSPS) is 10.0. The van der Waals surface area contributed by atoms with Gasteiger partial charge in [0.15, 0.2) is 0 Å². The average molecular weight is 213 g/mol. The maximum Gasteiger partial charge on any atom is 2.00 e. The zero-order valence-corrected chi connectivity index (χ0v) is 10.5. The van der Waals surface area contributed by atoms with Crippen molar-refractivity contribution in [2.75, 3.05) is 13.2 Å². The van der Waals surface area contributed by atoms with Crippen molar-refractivity contribution in [3.8, 4) is 0 Å². The van der Waals surface area contributed by atoms with E-state index in [0.717, 1.165) is 0 Å². The van der Waals surface area contributed by atoms with Crippen LogP contribution in [0, 0.1) is 6.92 Å². The van der Waals surface area contributed by atoms with Crippen LogP contribution in [-0.4, -0.2) is 54.6 Å². The van der Waals surface area contributed by atoms with Gasteiger partial charge in [-0.1, -0.05) is 0 Å². The number of carbonyl (C=O) groups excluding carboxylic acids is 2. The molecular weight excluding hydrogens is 196 g/mol. The molecule has 0 fully saturated rings. The van der Waals surface area contributed by atoms with Gasteiger partial charge in [0.2, 0.25) is 0 Å². The molecule has 14 heavy (non-hydrogen) atoms. The van der Waals surface area contributed by atoms with Crippen LogP contribution < -0.4 is 0 Å². The van der Waals surface area contributed by atoms with E-state index < -0.39 is 12.1 Å². The summed E-state index contributed by atoms with van der Waals surface area (Å²) < 4.78 is 9.23. The summed E-state index contributed by atoms with van der Waals surface area (Å²) in [7, 11) is 0. The summed E-state index contributed by atoms with van der Waals surface area (Å²) in [4.78, 5) is 20.8. The van der Waals surface area contributed by atoms with Gasteiger partial charge in [0.05, 0.1) is 12.7 Å². The summed E-state index contributed by atoms with van der Waals surface area (Å²) in [6.07, 6.45) is 0.260. The minimum absolute atomic E-state index is 0. The molecule has 0 radical (unpaired) electrons. The molecule has 78 valence electrons. The second kappa shape index (κ2) is 15.3. The molecule has 0 aliphatic heterocycles. The molecule has 0 saturated heterocycles. The second-order valence-corrected chi connectivity index (χ2v) is 1.71. The summed E-state index contributed by atoms with van der Waals surface area (Å²) in [5.74, 6) is -0.677. The zero-order valence-electron chi connectivity index (χ0n) is 9.04. The van der Waals surface area contributed by atoms with Gasteiger partial charge in [-0.3, -0.25) is 4.79 Å². The Balaban J connectivity index is -0.000000376. The molecule has 0 saturated carbocycles. The predicted molar refractivity (Wildman–Crippen MR) is 54.5 cm³/mol. The molecule has 0 bridgehead atoms. The van der Waals surface area contributed by atoms with Crippen molar-refractivity contribution in [1.29, 1.82) is 0 Å². The zero-order chi connectivity index (χ0) is 10.7. The fraction of sp³-hybridized carbons (Fsp3) is 0.667. The van der Waals surface area contributed by atoms with Crippen LogP contribution in [0.2, 0.25) is 0 Å². The van der Waals surface area contributed by atoms with Crippen molar-refractivity contribution >= 4 is 35.3 Å². The van der Waals surface area contributed by atoms with E-state index in [2.05, 4.69) is 11.7 Å². The van der Waals surface area contributed by atoms with E-state index in [-0.39, 0.29) is 29.7 Å². The van der Waals surface area contributed by atoms with Gasteiger partial charge in [0, 0.05) is 6.61 Å². The summed E-state index contributed by atoms with van der Waals surface area (Å²) in [5.41, 5.74) is 0. The van der Waals surface area contributed by atoms with Gasteiger partial charge in [-0.25, -0.2) is 6.29 Å². The Morgan fingerprint density at radius 3 is 2.14 bits per heavy atom. The SMILES string of the molecule is CCOC(=O)C([C-]=O)OCC.[CH2-]C.[Mg+2]. The van der Waals surface area contributed by atoms with Crippen LogP contribution in [0.5, 0.6) is 0 Å². The van der Waals surface area contributed by atoms with Crippen LogP contribution in [0.15, 0.2) is 0 Å². The van der Waals surface area contributed by atoms with Crippen LogP contribution in [0.1, 0.15) is 20.8 Å². The third-order valence-electron chi connectivity index (χ3n) is 0.941. The van der Waals surface area contributed by atoms with Crippen molar-refractivity contribution in [3.05, 3.63) is 6.92 Å². The number of esters is 1. The average Bonchev–Trinajstić information content (AvgIpc) is 2.17. The molecule has 0 amide bonds. The van der Waals surface area contributed by atoms with Crippen molar-refractivity contribution in [2.45, 2.75) is 26.9 Å². The van der Waals surface area contributed by atoms with Gasteiger partial charge in [-0.2, -0.15) is 6.92 Å². The van der Waals surface area contributed by atoms with Crippen molar-refractivity contribution in [3.63, 3.8) is 0 Å². The Kier molecular flexibility index (Phi) is 21.3. The standard InChI is InChI=1S/C7H11O4.C2H5.Mg/c1-3-10-6(5-8)7(9)11-4-2;1-2;/h6H,3-4H2,1-2H3;1H2,2H3;/q2*-1;+2. The minimum atomic E-state index is -1.18. The quantitative estimate of drug-likeness (QED) is 0.289. The molecule has 0 aromatic heterocycles. The molecule has 1 unspecified atom stereocenters. The Labute approximate surface area is 101 Å². The first-order valence-corrected chi connectivity index (χ1v) is 4.12. The Morgan fingerprint density at radius 2 is 1.86 bits per heavy atom. The van der Waals surface area contributed by atoms with Gasteiger partial charge < -0.3 is 21.2 Å². The van der Waals surface area contributed by atoms with E-state index in [1.807, 2.05) is 0 Å². The molecule has 0 aromatic carbocycles. The van der Waals surface area contributed by atoms with Gasteiger partial charge in [0.25, 0.3) is 0 Å². The molecular formula is C9H16MgO4. The first-order valence-electron chi connectivity index (χ1n) is 4.12. The predicted octanol–water partition coefficient (Wildman–Crippen LogP) is 0.524. The fourth-order valence-corrected chi connectivity index (χ4v) is 0.535. The van der Waals surface area contributed by atoms with E-state index in [1.54, 1.807) is 20.8 Å². The summed E-state index contributed by atoms with van der Waals surface area (Å²) in [6.45, 7) is 8.87. The Hall–Kier alpha value is -0.134. The van der Waals surface area contributed by atoms with E-state index in [9.17, 15) is 9.59 Å². The topological polar surface area (TPSA) is 52.6 Å². The van der Waals surface area contributed by atoms with Crippen LogP contribution in [-0.2, 0) is 19.1 Å². The minimum Gasteiger partial charge on any atom is -0.539 e. The smallest absolute Gasteiger partial charge is 0.539 e.